The van der Waals surface area contributed by atoms with Crippen molar-refractivity contribution in [1.29, 1.82) is 0 Å². The molecule has 0 aromatic rings. The van der Waals surface area contributed by atoms with Crippen molar-refractivity contribution in [3.8, 4) is 0 Å². The Morgan fingerprint density at radius 1 is 1.56 bits per heavy atom. The predicted molar refractivity (Wildman–Crippen MR) is 78.2 cm³/mol. The quantitative estimate of drug-likeness (QED) is 0.713. The number of carbonyl (C=O) groups is 1. The van der Waals surface area contributed by atoms with Gasteiger partial charge in [-0.2, -0.15) is 11.8 Å². The van der Waals surface area contributed by atoms with Crippen LogP contribution >= 0.6 is 11.8 Å². The van der Waals surface area contributed by atoms with E-state index in [9.17, 15) is 9.90 Å². The predicted octanol–water partition coefficient (Wildman–Crippen LogP) is 3.14. The summed E-state index contributed by atoms with van der Waals surface area (Å²) in [5.74, 6) is 0.729. The maximum absolute atomic E-state index is 11.6. The van der Waals surface area contributed by atoms with Crippen LogP contribution in [-0.4, -0.2) is 34.2 Å². The molecule has 0 aromatic heterocycles. The summed E-state index contributed by atoms with van der Waals surface area (Å²) in [7, 11) is 0. The molecule has 1 rings (SSSR count). The second-order valence-electron chi connectivity index (χ2n) is 5.27. The number of hydrogen-bond donors (Lipinski definition) is 2. The van der Waals surface area contributed by atoms with Crippen LogP contribution in [0.5, 0.6) is 0 Å². The highest BCUT2D eigenvalue weighted by Crippen LogP contribution is 2.39. The van der Waals surface area contributed by atoms with Crippen molar-refractivity contribution < 1.29 is 9.90 Å². The smallest absolute Gasteiger partial charge is 0.324 e. The van der Waals surface area contributed by atoms with Crippen LogP contribution in [0.2, 0.25) is 0 Å². The van der Waals surface area contributed by atoms with Gasteiger partial charge < -0.3 is 10.4 Å². The Balaban J connectivity index is 2.54. The van der Waals surface area contributed by atoms with Gasteiger partial charge in [-0.1, -0.05) is 27.2 Å². The zero-order valence-corrected chi connectivity index (χ0v) is 12.7. The molecular formula is C14H27NO2S. The van der Waals surface area contributed by atoms with E-state index in [4.69, 9.17) is 0 Å². The molecule has 3 atom stereocenters. The van der Waals surface area contributed by atoms with Crippen LogP contribution in [0.15, 0.2) is 0 Å². The zero-order valence-electron chi connectivity index (χ0n) is 11.9. The van der Waals surface area contributed by atoms with E-state index in [1.54, 1.807) is 0 Å². The van der Waals surface area contributed by atoms with Gasteiger partial charge in [0.1, 0.15) is 5.54 Å². The molecule has 1 aliphatic rings. The lowest BCUT2D eigenvalue weighted by atomic mass is 9.85. The summed E-state index contributed by atoms with van der Waals surface area (Å²) in [6, 6.07) is 0. The summed E-state index contributed by atoms with van der Waals surface area (Å²) in [5.41, 5.74) is -0.648. The van der Waals surface area contributed by atoms with Crippen molar-refractivity contribution in [1.82, 2.24) is 5.32 Å². The van der Waals surface area contributed by atoms with Crippen LogP contribution in [0.1, 0.15) is 52.9 Å². The highest BCUT2D eigenvalue weighted by molar-refractivity contribution is 7.99. The lowest BCUT2D eigenvalue weighted by Crippen LogP contribution is -2.54. The molecule has 0 saturated heterocycles. The van der Waals surface area contributed by atoms with E-state index in [0.717, 1.165) is 38.0 Å². The number of thioether (sulfide) groups is 1. The lowest BCUT2D eigenvalue weighted by Gasteiger charge is -2.32. The molecule has 3 nitrogen and oxygen atoms in total. The monoisotopic (exact) mass is 273 g/mol. The molecule has 0 aromatic carbocycles. The van der Waals surface area contributed by atoms with Gasteiger partial charge >= 0.3 is 5.97 Å². The van der Waals surface area contributed by atoms with Gasteiger partial charge in [0.25, 0.3) is 0 Å². The minimum absolute atomic E-state index is 0.298. The minimum atomic E-state index is -0.652. The summed E-state index contributed by atoms with van der Waals surface area (Å²) in [4.78, 5) is 11.6. The van der Waals surface area contributed by atoms with E-state index >= 15 is 0 Å². The third-order valence-electron chi connectivity index (χ3n) is 4.14. The van der Waals surface area contributed by atoms with E-state index in [1.165, 1.54) is 6.42 Å². The van der Waals surface area contributed by atoms with Gasteiger partial charge in [-0.3, -0.25) is 4.79 Å². The first kappa shape index (κ1) is 15.8. The maximum atomic E-state index is 11.6. The summed E-state index contributed by atoms with van der Waals surface area (Å²) >= 11 is 1.97. The van der Waals surface area contributed by atoms with Crippen LogP contribution < -0.4 is 5.32 Å². The third kappa shape index (κ3) is 3.64. The number of rotatable bonds is 8. The van der Waals surface area contributed by atoms with E-state index in [2.05, 4.69) is 19.2 Å². The Bertz CT molecular complexity index is 273. The molecule has 4 heteroatoms. The van der Waals surface area contributed by atoms with Gasteiger partial charge in [-0.05, 0) is 43.9 Å². The van der Waals surface area contributed by atoms with Gasteiger partial charge in [0.15, 0.2) is 0 Å². The number of carboxylic acid groups (broad SMARTS) is 1. The maximum Gasteiger partial charge on any atom is 0.324 e. The normalized spacial score (nSPS) is 29.4. The Morgan fingerprint density at radius 2 is 2.28 bits per heavy atom. The van der Waals surface area contributed by atoms with Gasteiger partial charge in [0.2, 0.25) is 0 Å². The molecule has 18 heavy (non-hydrogen) atoms. The number of carboxylic acids is 1. The van der Waals surface area contributed by atoms with Crippen molar-refractivity contribution in [2.24, 2.45) is 5.92 Å². The first-order chi connectivity index (χ1) is 8.56. The average Bonchev–Trinajstić information content (AvgIpc) is 2.74. The molecule has 0 aliphatic heterocycles. The first-order valence-corrected chi connectivity index (χ1v) is 8.21. The Labute approximate surface area is 115 Å². The fourth-order valence-electron chi connectivity index (χ4n) is 2.90. The first-order valence-electron chi connectivity index (χ1n) is 7.16. The Kier molecular flexibility index (Phi) is 6.50. The van der Waals surface area contributed by atoms with Crippen LogP contribution in [-0.2, 0) is 4.79 Å². The van der Waals surface area contributed by atoms with Gasteiger partial charge in [-0.25, -0.2) is 0 Å². The second kappa shape index (κ2) is 7.39. The minimum Gasteiger partial charge on any atom is -0.480 e. The molecule has 0 amide bonds. The molecule has 0 radical (unpaired) electrons. The molecule has 0 bridgehead atoms. The van der Waals surface area contributed by atoms with Crippen molar-refractivity contribution in [2.45, 2.75) is 63.7 Å². The topological polar surface area (TPSA) is 49.3 Å². The molecule has 0 spiro atoms. The molecule has 1 saturated carbocycles. The molecule has 106 valence electrons. The van der Waals surface area contributed by atoms with E-state index in [-0.39, 0.29) is 0 Å². The number of hydrogen-bond acceptors (Lipinski definition) is 3. The van der Waals surface area contributed by atoms with E-state index < -0.39 is 11.5 Å². The molecule has 2 N–H and O–H groups in total. The van der Waals surface area contributed by atoms with Crippen LogP contribution in [0.25, 0.3) is 0 Å². The van der Waals surface area contributed by atoms with Crippen molar-refractivity contribution in [3.63, 3.8) is 0 Å². The Morgan fingerprint density at radius 3 is 2.83 bits per heavy atom. The van der Waals surface area contributed by atoms with Crippen molar-refractivity contribution >= 4 is 17.7 Å². The van der Waals surface area contributed by atoms with Crippen molar-refractivity contribution in [2.75, 3.05) is 12.3 Å². The standard InChI is InChI=1S/C14H27NO2S/c1-4-11(3)18-10-8-12-7-6-9-14(12,13(16)17)15-5-2/h11-12,15H,4-10H2,1-3H3,(H,16,17). The molecular weight excluding hydrogens is 246 g/mol. The fraction of sp³-hybridized carbons (Fsp3) is 0.929. The molecule has 0 heterocycles. The third-order valence-corrected chi connectivity index (χ3v) is 5.51. The molecule has 3 unspecified atom stereocenters. The summed E-state index contributed by atoms with van der Waals surface area (Å²) in [6.45, 7) is 7.18. The van der Waals surface area contributed by atoms with Crippen molar-refractivity contribution in [3.05, 3.63) is 0 Å². The zero-order chi connectivity index (χ0) is 13.6. The van der Waals surface area contributed by atoms with Gasteiger partial charge in [0, 0.05) is 5.25 Å². The summed E-state index contributed by atoms with van der Waals surface area (Å²) in [5, 5.41) is 13.5. The largest absolute Gasteiger partial charge is 0.480 e. The van der Waals surface area contributed by atoms with Crippen LogP contribution in [0, 0.1) is 5.92 Å². The molecule has 1 aliphatic carbocycles. The summed E-state index contributed by atoms with van der Waals surface area (Å²) < 4.78 is 0. The number of nitrogens with one attached hydrogen (secondary N) is 1. The fourth-order valence-corrected chi connectivity index (χ4v) is 3.96. The highest BCUT2D eigenvalue weighted by Gasteiger charge is 2.48. The summed E-state index contributed by atoms with van der Waals surface area (Å²) in [6.07, 6.45) is 5.09. The van der Waals surface area contributed by atoms with Gasteiger partial charge in [-0.15, -0.1) is 0 Å². The molecule has 1 fully saturated rings. The number of likely N-dealkylation sites (N-methyl/N-ethyl adjacent to an activating group) is 1. The van der Waals surface area contributed by atoms with Crippen LogP contribution in [0.4, 0.5) is 0 Å². The van der Waals surface area contributed by atoms with Crippen LogP contribution in [0.3, 0.4) is 0 Å². The van der Waals surface area contributed by atoms with E-state index in [1.807, 2.05) is 18.7 Å². The number of aliphatic carboxylic acids is 1. The SMILES string of the molecule is CCNC1(C(=O)O)CCCC1CCSC(C)CC. The van der Waals surface area contributed by atoms with E-state index in [0.29, 0.717) is 11.2 Å². The second-order valence-corrected chi connectivity index (χ2v) is 6.82. The Hall–Kier alpha value is -0.220. The average molecular weight is 273 g/mol. The highest BCUT2D eigenvalue weighted by atomic mass is 32.2. The lowest BCUT2D eigenvalue weighted by molar-refractivity contribution is -0.146. The van der Waals surface area contributed by atoms with Gasteiger partial charge in [0.05, 0.1) is 0 Å².